The zero-order valence-electron chi connectivity index (χ0n) is 11.6. The smallest absolute Gasteiger partial charge is 0.0964 e. The SMILES string of the molecule is CC(C)CCCCNCc1cn(CCCO)nn1. The molecule has 5 heteroatoms. The molecule has 2 N–H and O–H groups in total. The van der Waals surface area contributed by atoms with Crippen molar-refractivity contribution in [2.24, 2.45) is 5.92 Å². The molecule has 1 heterocycles. The first kappa shape index (κ1) is 15.1. The average Bonchev–Trinajstić information content (AvgIpc) is 2.78. The van der Waals surface area contributed by atoms with Gasteiger partial charge in [0.15, 0.2) is 0 Å². The minimum atomic E-state index is 0.198. The Morgan fingerprint density at radius 1 is 1.33 bits per heavy atom. The molecule has 0 atom stereocenters. The quantitative estimate of drug-likeness (QED) is 0.622. The van der Waals surface area contributed by atoms with E-state index in [1.165, 1.54) is 19.3 Å². The molecular weight excluding hydrogens is 228 g/mol. The van der Waals surface area contributed by atoms with Crippen LogP contribution in [0.1, 0.15) is 45.2 Å². The number of aliphatic hydroxyl groups is 1. The van der Waals surface area contributed by atoms with Gasteiger partial charge in [-0.05, 0) is 25.3 Å². The molecule has 0 aliphatic rings. The fraction of sp³-hybridized carbons (Fsp3) is 0.846. The Hall–Kier alpha value is -0.940. The van der Waals surface area contributed by atoms with Crippen molar-refractivity contribution < 1.29 is 5.11 Å². The molecule has 0 fully saturated rings. The summed E-state index contributed by atoms with van der Waals surface area (Å²) >= 11 is 0. The van der Waals surface area contributed by atoms with Crippen LogP contribution in [0.5, 0.6) is 0 Å². The predicted molar refractivity (Wildman–Crippen MR) is 72.1 cm³/mol. The highest BCUT2D eigenvalue weighted by Crippen LogP contribution is 2.05. The van der Waals surface area contributed by atoms with Gasteiger partial charge in [-0.2, -0.15) is 0 Å². The molecule has 0 unspecified atom stereocenters. The van der Waals surface area contributed by atoms with Crippen molar-refractivity contribution in [3.05, 3.63) is 11.9 Å². The van der Waals surface area contributed by atoms with Gasteiger partial charge < -0.3 is 10.4 Å². The molecule has 1 aromatic rings. The van der Waals surface area contributed by atoms with Crippen molar-refractivity contribution in [3.8, 4) is 0 Å². The maximum atomic E-state index is 8.72. The predicted octanol–water partition coefficient (Wildman–Crippen LogP) is 1.58. The molecule has 0 aromatic carbocycles. The summed E-state index contributed by atoms with van der Waals surface area (Å²) in [5, 5.41) is 20.2. The summed E-state index contributed by atoms with van der Waals surface area (Å²) in [5.41, 5.74) is 0.969. The van der Waals surface area contributed by atoms with Crippen LogP contribution in [0.25, 0.3) is 0 Å². The molecule has 1 aromatic heterocycles. The normalized spacial score (nSPS) is 11.3. The second-order valence-electron chi connectivity index (χ2n) is 5.12. The van der Waals surface area contributed by atoms with E-state index in [2.05, 4.69) is 29.5 Å². The van der Waals surface area contributed by atoms with E-state index in [4.69, 9.17) is 5.11 Å². The summed E-state index contributed by atoms with van der Waals surface area (Å²) in [6, 6.07) is 0. The number of aryl methyl sites for hydroxylation is 1. The van der Waals surface area contributed by atoms with Gasteiger partial charge in [-0.15, -0.1) is 5.10 Å². The molecule has 0 radical (unpaired) electrons. The van der Waals surface area contributed by atoms with Gasteiger partial charge in [-0.3, -0.25) is 4.68 Å². The monoisotopic (exact) mass is 254 g/mol. The Bertz CT molecular complexity index is 312. The third-order valence-corrected chi connectivity index (χ3v) is 2.82. The highest BCUT2D eigenvalue weighted by molar-refractivity contribution is 4.91. The number of hydrogen-bond donors (Lipinski definition) is 2. The van der Waals surface area contributed by atoms with Crippen molar-refractivity contribution in [3.63, 3.8) is 0 Å². The molecule has 18 heavy (non-hydrogen) atoms. The molecule has 0 saturated carbocycles. The highest BCUT2D eigenvalue weighted by atomic mass is 16.3. The van der Waals surface area contributed by atoms with Gasteiger partial charge in [0.25, 0.3) is 0 Å². The highest BCUT2D eigenvalue weighted by Gasteiger charge is 2.00. The molecule has 5 nitrogen and oxygen atoms in total. The lowest BCUT2D eigenvalue weighted by molar-refractivity contribution is 0.276. The van der Waals surface area contributed by atoms with E-state index in [1.54, 1.807) is 4.68 Å². The van der Waals surface area contributed by atoms with Crippen LogP contribution in [0.3, 0.4) is 0 Å². The molecular formula is C13H26N4O. The summed E-state index contributed by atoms with van der Waals surface area (Å²) < 4.78 is 1.78. The number of nitrogens with zero attached hydrogens (tertiary/aromatic N) is 3. The van der Waals surface area contributed by atoms with Crippen molar-refractivity contribution in [1.29, 1.82) is 0 Å². The van der Waals surface area contributed by atoms with Crippen molar-refractivity contribution in [2.75, 3.05) is 13.2 Å². The van der Waals surface area contributed by atoms with E-state index in [9.17, 15) is 0 Å². The van der Waals surface area contributed by atoms with Crippen molar-refractivity contribution in [2.45, 2.75) is 52.6 Å². The van der Waals surface area contributed by atoms with Gasteiger partial charge in [0.05, 0.1) is 5.69 Å². The average molecular weight is 254 g/mol. The van der Waals surface area contributed by atoms with Gasteiger partial charge >= 0.3 is 0 Å². The fourth-order valence-electron chi connectivity index (χ4n) is 1.78. The van der Waals surface area contributed by atoms with E-state index in [0.29, 0.717) is 0 Å². The Morgan fingerprint density at radius 3 is 2.89 bits per heavy atom. The first-order valence-corrected chi connectivity index (χ1v) is 6.93. The summed E-state index contributed by atoms with van der Waals surface area (Å²) in [7, 11) is 0. The van der Waals surface area contributed by atoms with Crippen LogP contribution in [0, 0.1) is 5.92 Å². The molecule has 0 spiro atoms. The van der Waals surface area contributed by atoms with Crippen LogP contribution < -0.4 is 5.32 Å². The minimum Gasteiger partial charge on any atom is -0.396 e. The van der Waals surface area contributed by atoms with Gasteiger partial charge in [0, 0.05) is 25.9 Å². The lowest BCUT2D eigenvalue weighted by atomic mass is 10.1. The van der Waals surface area contributed by atoms with E-state index >= 15 is 0 Å². The lowest BCUT2D eigenvalue weighted by Gasteiger charge is -2.04. The Kier molecular flexibility index (Phi) is 7.60. The van der Waals surface area contributed by atoms with Crippen molar-refractivity contribution in [1.82, 2.24) is 20.3 Å². The third kappa shape index (κ3) is 6.71. The maximum Gasteiger partial charge on any atom is 0.0964 e. The zero-order valence-corrected chi connectivity index (χ0v) is 11.6. The molecule has 0 aliphatic heterocycles. The van der Waals surface area contributed by atoms with Gasteiger partial charge in [0.1, 0.15) is 0 Å². The molecule has 0 bridgehead atoms. The standard InChI is InChI=1S/C13H26N4O/c1-12(2)6-3-4-7-14-10-13-11-17(16-15-13)8-5-9-18/h11-12,14,18H,3-10H2,1-2H3. The number of hydrogen-bond acceptors (Lipinski definition) is 4. The largest absolute Gasteiger partial charge is 0.396 e. The summed E-state index contributed by atoms with van der Waals surface area (Å²) in [6.07, 6.45) is 6.48. The topological polar surface area (TPSA) is 63.0 Å². The number of unbranched alkanes of at least 4 members (excludes halogenated alkanes) is 1. The molecule has 0 aliphatic carbocycles. The number of aliphatic hydroxyl groups excluding tert-OH is 1. The lowest BCUT2D eigenvalue weighted by Crippen LogP contribution is -2.15. The van der Waals surface area contributed by atoms with E-state index in [1.807, 2.05) is 6.20 Å². The summed E-state index contributed by atoms with van der Waals surface area (Å²) in [6.45, 7) is 7.27. The third-order valence-electron chi connectivity index (χ3n) is 2.82. The van der Waals surface area contributed by atoms with E-state index < -0.39 is 0 Å². The summed E-state index contributed by atoms with van der Waals surface area (Å²) in [5.74, 6) is 0.802. The Labute approximate surface area is 110 Å². The first-order chi connectivity index (χ1) is 8.72. The maximum absolute atomic E-state index is 8.72. The van der Waals surface area contributed by atoms with Crippen LogP contribution in [-0.4, -0.2) is 33.3 Å². The van der Waals surface area contributed by atoms with E-state index in [0.717, 1.165) is 37.7 Å². The number of aromatic nitrogens is 3. The molecule has 1 rings (SSSR count). The number of nitrogens with one attached hydrogen (secondary N) is 1. The first-order valence-electron chi connectivity index (χ1n) is 6.93. The second-order valence-corrected chi connectivity index (χ2v) is 5.12. The van der Waals surface area contributed by atoms with Gasteiger partial charge in [0.2, 0.25) is 0 Å². The van der Waals surface area contributed by atoms with Crippen LogP contribution in [-0.2, 0) is 13.1 Å². The molecule has 0 amide bonds. The zero-order chi connectivity index (χ0) is 13.2. The van der Waals surface area contributed by atoms with Crippen LogP contribution in [0.15, 0.2) is 6.20 Å². The molecule has 104 valence electrons. The van der Waals surface area contributed by atoms with Gasteiger partial charge in [-0.25, -0.2) is 0 Å². The fourth-order valence-corrected chi connectivity index (χ4v) is 1.78. The minimum absolute atomic E-state index is 0.198. The van der Waals surface area contributed by atoms with Crippen LogP contribution in [0.2, 0.25) is 0 Å². The summed E-state index contributed by atoms with van der Waals surface area (Å²) in [4.78, 5) is 0. The van der Waals surface area contributed by atoms with Crippen LogP contribution in [0.4, 0.5) is 0 Å². The van der Waals surface area contributed by atoms with Crippen molar-refractivity contribution >= 4 is 0 Å². The van der Waals surface area contributed by atoms with Crippen LogP contribution >= 0.6 is 0 Å². The number of rotatable bonds is 10. The van der Waals surface area contributed by atoms with Gasteiger partial charge in [-0.1, -0.05) is 31.9 Å². The van der Waals surface area contributed by atoms with E-state index in [-0.39, 0.29) is 6.61 Å². The Balaban J connectivity index is 2.06. The molecule has 0 saturated heterocycles. The Morgan fingerprint density at radius 2 is 2.17 bits per heavy atom. The second kappa shape index (κ2) is 9.05.